The van der Waals surface area contributed by atoms with Gasteiger partial charge in [0, 0.05) is 23.8 Å². The van der Waals surface area contributed by atoms with E-state index in [0.29, 0.717) is 6.54 Å². The molecule has 3 aromatic rings. The third-order valence-corrected chi connectivity index (χ3v) is 6.10. The Balaban J connectivity index is 1.75. The van der Waals surface area contributed by atoms with Crippen LogP contribution in [0.5, 0.6) is 0 Å². The van der Waals surface area contributed by atoms with E-state index in [-0.39, 0.29) is 29.7 Å². The molecular weight excluding hydrogens is 380 g/mol. The maximum absolute atomic E-state index is 12.8. The fourth-order valence-electron chi connectivity index (χ4n) is 3.47. The Bertz CT molecular complexity index is 885. The van der Waals surface area contributed by atoms with Crippen LogP contribution in [0.4, 0.5) is 0 Å². The monoisotopic (exact) mass is 406 g/mol. The smallest absolute Gasteiger partial charge is 0.222 e. The molecule has 2 aromatic carbocycles. The number of thiophene rings is 1. The summed E-state index contributed by atoms with van der Waals surface area (Å²) in [6, 6.07) is 24.0. The van der Waals surface area contributed by atoms with Crippen LogP contribution >= 0.6 is 11.3 Å². The lowest BCUT2D eigenvalue weighted by molar-refractivity contribution is -0.122. The Labute approximate surface area is 176 Å². The molecule has 0 saturated heterocycles. The molecule has 4 nitrogen and oxygen atoms in total. The van der Waals surface area contributed by atoms with E-state index in [1.165, 1.54) is 18.3 Å². The summed E-state index contributed by atoms with van der Waals surface area (Å²) in [4.78, 5) is 25.3. The number of hydrogen-bond donors (Lipinski definition) is 2. The molecule has 2 N–H and O–H groups in total. The van der Waals surface area contributed by atoms with E-state index in [1.807, 2.05) is 53.9 Å². The molecule has 0 unspecified atom stereocenters. The lowest BCUT2D eigenvalue weighted by Gasteiger charge is -2.31. The minimum absolute atomic E-state index is 0.0877. The summed E-state index contributed by atoms with van der Waals surface area (Å²) in [5.74, 6) is -0.232. The lowest BCUT2D eigenvalue weighted by Crippen LogP contribution is -2.41. The highest BCUT2D eigenvalue weighted by molar-refractivity contribution is 7.10. The van der Waals surface area contributed by atoms with Gasteiger partial charge in [-0.1, -0.05) is 66.7 Å². The molecule has 0 aliphatic rings. The summed E-state index contributed by atoms with van der Waals surface area (Å²) in [6.45, 7) is 4.08. The van der Waals surface area contributed by atoms with Gasteiger partial charge in [0.25, 0.3) is 0 Å². The lowest BCUT2D eigenvalue weighted by atomic mass is 9.76. The van der Waals surface area contributed by atoms with Crippen LogP contribution in [-0.2, 0) is 15.0 Å². The average Bonchev–Trinajstić information content (AvgIpc) is 3.27. The van der Waals surface area contributed by atoms with E-state index < -0.39 is 0 Å². The highest BCUT2D eigenvalue weighted by atomic mass is 32.1. The van der Waals surface area contributed by atoms with E-state index in [4.69, 9.17) is 0 Å². The number of rotatable bonds is 8. The van der Waals surface area contributed by atoms with Crippen LogP contribution < -0.4 is 10.6 Å². The quantitative estimate of drug-likeness (QED) is 0.581. The second-order valence-electron chi connectivity index (χ2n) is 7.31. The van der Waals surface area contributed by atoms with Crippen LogP contribution in [0.15, 0.2) is 78.2 Å². The van der Waals surface area contributed by atoms with Gasteiger partial charge in [0.2, 0.25) is 11.8 Å². The Morgan fingerprint density at radius 1 is 0.931 bits per heavy atom. The zero-order valence-corrected chi connectivity index (χ0v) is 17.5. The van der Waals surface area contributed by atoms with Crippen molar-refractivity contribution in [2.75, 3.05) is 6.54 Å². The fraction of sp³-hybridized carbons (Fsp3) is 0.250. The first-order valence-electron chi connectivity index (χ1n) is 9.67. The molecule has 29 heavy (non-hydrogen) atoms. The number of nitrogens with one attached hydrogen (secondary N) is 2. The first kappa shape index (κ1) is 20.8. The topological polar surface area (TPSA) is 58.2 Å². The van der Waals surface area contributed by atoms with Gasteiger partial charge in [-0.25, -0.2) is 0 Å². The maximum atomic E-state index is 12.8. The molecule has 150 valence electrons. The van der Waals surface area contributed by atoms with E-state index in [2.05, 4.69) is 41.8 Å². The normalized spacial score (nSPS) is 12.2. The van der Waals surface area contributed by atoms with Crippen LogP contribution in [-0.4, -0.2) is 18.4 Å². The number of hydrogen-bond acceptors (Lipinski definition) is 3. The molecule has 0 bridgehead atoms. The van der Waals surface area contributed by atoms with Gasteiger partial charge in [0.15, 0.2) is 0 Å². The molecule has 0 spiro atoms. The molecule has 0 aliphatic carbocycles. The van der Waals surface area contributed by atoms with E-state index in [9.17, 15) is 9.59 Å². The molecule has 0 saturated carbocycles. The highest BCUT2D eigenvalue weighted by Gasteiger charge is 2.29. The van der Waals surface area contributed by atoms with E-state index in [1.54, 1.807) is 0 Å². The summed E-state index contributed by atoms with van der Waals surface area (Å²) >= 11 is 1.54. The second kappa shape index (κ2) is 9.52. The maximum Gasteiger partial charge on any atom is 0.222 e. The van der Waals surface area contributed by atoms with Crippen molar-refractivity contribution < 1.29 is 9.59 Å². The van der Waals surface area contributed by atoms with Crippen molar-refractivity contribution in [3.05, 3.63) is 94.2 Å². The van der Waals surface area contributed by atoms with E-state index in [0.717, 1.165) is 16.0 Å². The van der Waals surface area contributed by atoms with Crippen LogP contribution in [0, 0.1) is 0 Å². The van der Waals surface area contributed by atoms with Gasteiger partial charge in [-0.2, -0.15) is 0 Å². The van der Waals surface area contributed by atoms with Gasteiger partial charge in [-0.05, 0) is 29.5 Å². The molecule has 3 rings (SSSR count). The second-order valence-corrected chi connectivity index (χ2v) is 8.29. The summed E-state index contributed by atoms with van der Waals surface area (Å²) in [6.07, 6.45) is 0.208. The predicted molar refractivity (Wildman–Crippen MR) is 118 cm³/mol. The van der Waals surface area contributed by atoms with Gasteiger partial charge in [0.05, 0.1) is 12.5 Å². The van der Waals surface area contributed by atoms with Crippen molar-refractivity contribution in [3.63, 3.8) is 0 Å². The number of carbonyl (C=O) groups is 2. The zero-order chi connectivity index (χ0) is 20.7. The number of amides is 2. The van der Waals surface area contributed by atoms with Gasteiger partial charge in [0.1, 0.15) is 0 Å². The molecule has 2 amide bonds. The molecular formula is C24H26N2O2S. The number of benzene rings is 2. The minimum Gasteiger partial charge on any atom is -0.355 e. The first-order chi connectivity index (χ1) is 14.0. The van der Waals surface area contributed by atoms with Crippen LogP contribution in [0.25, 0.3) is 0 Å². The average molecular weight is 407 g/mol. The molecule has 5 heteroatoms. The standard InChI is InChI=1S/C24H26N2O2S/c1-18(27)26-21(22-14-9-15-29-22)16-23(28)25-17-24(2,19-10-5-3-6-11-19)20-12-7-4-8-13-20/h3-15,21H,16-17H2,1-2H3,(H,25,28)(H,26,27)/t21-/m1/s1. The van der Waals surface area contributed by atoms with Crippen LogP contribution in [0.2, 0.25) is 0 Å². The Hall–Kier alpha value is -2.92. The van der Waals surface area contributed by atoms with Gasteiger partial charge < -0.3 is 10.6 Å². The highest BCUT2D eigenvalue weighted by Crippen LogP contribution is 2.31. The predicted octanol–water partition coefficient (Wildman–Crippen LogP) is 4.44. The summed E-state index contributed by atoms with van der Waals surface area (Å²) in [7, 11) is 0. The van der Waals surface area contributed by atoms with Crippen LogP contribution in [0.3, 0.4) is 0 Å². The molecule has 0 radical (unpaired) electrons. The van der Waals surface area contributed by atoms with Gasteiger partial charge >= 0.3 is 0 Å². The fourth-order valence-corrected chi connectivity index (χ4v) is 4.25. The molecule has 0 fully saturated rings. The van der Waals surface area contributed by atoms with Crippen molar-refractivity contribution in [2.45, 2.75) is 31.7 Å². The first-order valence-corrected chi connectivity index (χ1v) is 10.6. The summed E-state index contributed by atoms with van der Waals surface area (Å²) in [5.41, 5.74) is 1.93. The molecule has 1 heterocycles. The largest absolute Gasteiger partial charge is 0.355 e. The van der Waals surface area contributed by atoms with Crippen molar-refractivity contribution in [3.8, 4) is 0 Å². The van der Waals surface area contributed by atoms with Crippen molar-refractivity contribution in [2.24, 2.45) is 0 Å². The number of carbonyl (C=O) groups excluding carboxylic acids is 2. The van der Waals surface area contributed by atoms with Crippen molar-refractivity contribution in [1.82, 2.24) is 10.6 Å². The molecule has 0 aliphatic heterocycles. The summed E-state index contributed by atoms with van der Waals surface area (Å²) < 4.78 is 0. The van der Waals surface area contributed by atoms with E-state index >= 15 is 0 Å². The third kappa shape index (κ3) is 5.33. The van der Waals surface area contributed by atoms with Crippen molar-refractivity contribution in [1.29, 1.82) is 0 Å². The van der Waals surface area contributed by atoms with Crippen LogP contribution in [0.1, 0.15) is 42.3 Å². The Kier molecular flexibility index (Phi) is 6.83. The van der Waals surface area contributed by atoms with Gasteiger partial charge in [-0.3, -0.25) is 9.59 Å². The van der Waals surface area contributed by atoms with Crippen molar-refractivity contribution >= 4 is 23.2 Å². The van der Waals surface area contributed by atoms with Gasteiger partial charge in [-0.15, -0.1) is 11.3 Å². The Morgan fingerprint density at radius 3 is 2.00 bits per heavy atom. The SMILES string of the molecule is CC(=O)N[C@H](CC(=O)NCC(C)(c1ccccc1)c1ccccc1)c1cccs1. The zero-order valence-electron chi connectivity index (χ0n) is 16.7. The Morgan fingerprint density at radius 2 is 1.52 bits per heavy atom. The third-order valence-electron chi connectivity index (χ3n) is 5.11. The summed E-state index contributed by atoms with van der Waals surface area (Å²) in [5, 5.41) is 7.93. The molecule has 1 aromatic heterocycles. The minimum atomic E-state index is -0.357. The molecule has 1 atom stereocenters.